The minimum absolute atomic E-state index is 0.0485. The molecule has 0 heterocycles. The zero-order valence-corrected chi connectivity index (χ0v) is 26.8. The molecule has 0 aliphatic rings. The van der Waals surface area contributed by atoms with Crippen molar-refractivity contribution in [1.29, 1.82) is 0 Å². The summed E-state index contributed by atoms with van der Waals surface area (Å²) < 4.78 is 45.3. The molecule has 0 bridgehead atoms. The highest BCUT2D eigenvalue weighted by Gasteiger charge is 2.34. The lowest BCUT2D eigenvalue weighted by Gasteiger charge is -2.33. The van der Waals surface area contributed by atoms with Crippen molar-refractivity contribution >= 4 is 27.5 Å². The highest BCUT2D eigenvalue weighted by atomic mass is 32.2. The first-order valence-electron chi connectivity index (χ1n) is 13.8. The number of nitrogens with zero attached hydrogens (tertiary/aromatic N) is 2. The van der Waals surface area contributed by atoms with Gasteiger partial charge in [-0.2, -0.15) is 0 Å². The van der Waals surface area contributed by atoms with Gasteiger partial charge in [0.15, 0.2) is 11.5 Å². The minimum Gasteiger partial charge on any atom is -0.497 e. The van der Waals surface area contributed by atoms with Gasteiger partial charge in [-0.15, -0.1) is 0 Å². The number of methoxy groups -OCH3 is 3. The van der Waals surface area contributed by atoms with Gasteiger partial charge in [-0.25, -0.2) is 8.42 Å². The van der Waals surface area contributed by atoms with E-state index in [2.05, 4.69) is 5.32 Å². The molecular weight excluding hydrogens is 570 g/mol. The van der Waals surface area contributed by atoms with E-state index in [4.69, 9.17) is 14.2 Å². The van der Waals surface area contributed by atoms with Crippen molar-refractivity contribution in [1.82, 2.24) is 10.2 Å². The third kappa shape index (κ3) is 8.41. The summed E-state index contributed by atoms with van der Waals surface area (Å²) in [6.07, 6.45) is 0. The van der Waals surface area contributed by atoms with Crippen molar-refractivity contribution in [3.05, 3.63) is 77.9 Å². The molecule has 3 aromatic rings. The van der Waals surface area contributed by atoms with Crippen LogP contribution in [0.1, 0.15) is 38.8 Å². The van der Waals surface area contributed by atoms with Crippen molar-refractivity contribution in [2.45, 2.75) is 57.6 Å². The molecular formula is C32H41N3O7S. The molecule has 0 fully saturated rings. The van der Waals surface area contributed by atoms with Gasteiger partial charge in [0, 0.05) is 18.2 Å². The Morgan fingerprint density at radius 3 is 2.12 bits per heavy atom. The van der Waals surface area contributed by atoms with Crippen LogP contribution < -0.4 is 23.8 Å². The van der Waals surface area contributed by atoms with Crippen molar-refractivity contribution in [3.63, 3.8) is 0 Å². The summed E-state index contributed by atoms with van der Waals surface area (Å²) in [5, 5.41) is 2.92. The van der Waals surface area contributed by atoms with Crippen molar-refractivity contribution < 1.29 is 32.2 Å². The summed E-state index contributed by atoms with van der Waals surface area (Å²) in [6.45, 7) is 8.54. The van der Waals surface area contributed by atoms with Gasteiger partial charge >= 0.3 is 0 Å². The normalized spacial score (nSPS) is 12.2. The smallest absolute Gasteiger partial charge is 0.264 e. The van der Waals surface area contributed by atoms with Crippen LogP contribution in [0.3, 0.4) is 0 Å². The Kier molecular flexibility index (Phi) is 10.7. The fourth-order valence-electron chi connectivity index (χ4n) is 4.37. The number of anilines is 1. The maximum absolute atomic E-state index is 14.1. The van der Waals surface area contributed by atoms with Crippen molar-refractivity contribution in [2.24, 2.45) is 0 Å². The Bertz CT molecular complexity index is 1530. The highest BCUT2D eigenvalue weighted by molar-refractivity contribution is 7.92. The number of amides is 2. The van der Waals surface area contributed by atoms with Crippen LogP contribution in [-0.4, -0.2) is 64.6 Å². The van der Waals surface area contributed by atoms with Crippen LogP contribution in [0.4, 0.5) is 5.69 Å². The predicted octanol–water partition coefficient (Wildman–Crippen LogP) is 4.55. The molecule has 0 radical (unpaired) electrons. The van der Waals surface area contributed by atoms with Crippen LogP contribution >= 0.6 is 0 Å². The molecule has 0 saturated heterocycles. The summed E-state index contributed by atoms with van der Waals surface area (Å²) in [7, 11) is 0.128. The third-order valence-electron chi connectivity index (χ3n) is 6.70. The summed E-state index contributed by atoms with van der Waals surface area (Å²) in [5.41, 5.74) is 1.39. The molecule has 0 aromatic heterocycles. The monoisotopic (exact) mass is 611 g/mol. The zero-order chi connectivity index (χ0) is 31.9. The number of rotatable bonds is 12. The second kappa shape index (κ2) is 13.8. The molecule has 0 aliphatic heterocycles. The molecule has 2 amide bonds. The van der Waals surface area contributed by atoms with Crippen LogP contribution in [0.5, 0.6) is 17.2 Å². The predicted molar refractivity (Wildman–Crippen MR) is 166 cm³/mol. The molecule has 11 heteroatoms. The van der Waals surface area contributed by atoms with E-state index in [1.165, 1.54) is 37.3 Å². The molecule has 3 aromatic carbocycles. The molecule has 10 nitrogen and oxygen atoms in total. The zero-order valence-electron chi connectivity index (χ0n) is 26.0. The van der Waals surface area contributed by atoms with Gasteiger partial charge in [-0.1, -0.05) is 29.8 Å². The van der Waals surface area contributed by atoms with Gasteiger partial charge in [0.25, 0.3) is 10.0 Å². The SMILES string of the molecule is COc1cccc(CN(C(=O)CN(c2ccc(C)cc2)S(=O)(=O)c2ccc(OC)c(OC)c2)C(C)C(=O)NC(C)(C)C)c1. The summed E-state index contributed by atoms with van der Waals surface area (Å²) in [4.78, 5) is 28.7. The van der Waals surface area contributed by atoms with Crippen molar-refractivity contribution in [2.75, 3.05) is 32.2 Å². The van der Waals surface area contributed by atoms with Crippen LogP contribution in [-0.2, 0) is 26.2 Å². The molecule has 0 saturated carbocycles. The lowest BCUT2D eigenvalue weighted by atomic mass is 10.1. The lowest BCUT2D eigenvalue weighted by molar-refractivity contribution is -0.140. The number of ether oxygens (including phenoxy) is 3. The largest absolute Gasteiger partial charge is 0.497 e. The first-order chi connectivity index (χ1) is 20.2. The van der Waals surface area contributed by atoms with Crippen LogP contribution in [0.25, 0.3) is 0 Å². The Balaban J connectivity index is 2.08. The second-order valence-corrected chi connectivity index (χ2v) is 13.0. The van der Waals surface area contributed by atoms with E-state index >= 15 is 0 Å². The second-order valence-electron chi connectivity index (χ2n) is 11.2. The maximum atomic E-state index is 14.1. The van der Waals surface area contributed by atoms with Gasteiger partial charge in [0.05, 0.1) is 31.9 Å². The average Bonchev–Trinajstić information content (AvgIpc) is 2.97. The van der Waals surface area contributed by atoms with Gasteiger partial charge in [-0.05, 0) is 76.6 Å². The van der Waals surface area contributed by atoms with E-state index in [-0.39, 0.29) is 23.1 Å². The summed E-state index contributed by atoms with van der Waals surface area (Å²) in [6, 6.07) is 17.3. The fraction of sp³-hybridized carbons (Fsp3) is 0.375. The quantitative estimate of drug-likeness (QED) is 0.320. The number of hydrogen-bond donors (Lipinski definition) is 1. The Labute approximate surface area is 254 Å². The Morgan fingerprint density at radius 2 is 1.53 bits per heavy atom. The number of hydrogen-bond acceptors (Lipinski definition) is 7. The first-order valence-corrected chi connectivity index (χ1v) is 15.2. The topological polar surface area (TPSA) is 114 Å². The maximum Gasteiger partial charge on any atom is 0.264 e. The van der Waals surface area contributed by atoms with Crippen LogP contribution in [0.2, 0.25) is 0 Å². The molecule has 1 atom stereocenters. The first kappa shape index (κ1) is 33.3. The molecule has 0 aliphatic carbocycles. The molecule has 232 valence electrons. The summed E-state index contributed by atoms with van der Waals surface area (Å²) in [5.74, 6) is 0.250. The van der Waals surface area contributed by atoms with Gasteiger partial charge < -0.3 is 24.4 Å². The molecule has 1 N–H and O–H groups in total. The number of carbonyl (C=O) groups excluding carboxylic acids is 2. The van der Waals surface area contributed by atoms with E-state index in [1.54, 1.807) is 56.5 Å². The number of carbonyl (C=O) groups is 2. The minimum atomic E-state index is -4.28. The van der Waals surface area contributed by atoms with E-state index in [0.29, 0.717) is 22.7 Å². The van der Waals surface area contributed by atoms with Gasteiger partial charge in [0.2, 0.25) is 11.8 Å². The molecule has 43 heavy (non-hydrogen) atoms. The van der Waals surface area contributed by atoms with Crippen molar-refractivity contribution in [3.8, 4) is 17.2 Å². The Morgan fingerprint density at radius 1 is 0.884 bits per heavy atom. The average molecular weight is 612 g/mol. The lowest BCUT2D eigenvalue weighted by Crippen LogP contribution is -2.54. The number of benzene rings is 3. The molecule has 1 unspecified atom stereocenters. The molecule has 0 spiro atoms. The van der Waals surface area contributed by atoms with Gasteiger partial charge in [-0.3, -0.25) is 13.9 Å². The highest BCUT2D eigenvalue weighted by Crippen LogP contribution is 2.32. The van der Waals surface area contributed by atoms with E-state index in [1.807, 2.05) is 33.8 Å². The number of nitrogens with one attached hydrogen (secondary N) is 1. The van der Waals surface area contributed by atoms with E-state index in [9.17, 15) is 18.0 Å². The van der Waals surface area contributed by atoms with Gasteiger partial charge in [0.1, 0.15) is 18.3 Å². The molecule has 3 rings (SSSR count). The standard InChI is InChI=1S/C32H41N3O7S/c1-22-12-14-25(15-13-22)35(43(38,39)27-16-17-28(41-7)29(19-27)42-8)21-30(36)34(23(2)31(37)33-32(3,4)5)20-24-10-9-11-26(18-24)40-6/h9-19,23H,20-21H2,1-8H3,(H,33,37). The van der Waals surface area contributed by atoms with Crippen LogP contribution in [0.15, 0.2) is 71.6 Å². The number of sulfonamides is 1. The van der Waals surface area contributed by atoms with Crippen LogP contribution in [0, 0.1) is 6.92 Å². The fourth-order valence-corrected chi connectivity index (χ4v) is 5.80. The Hall–Kier alpha value is -4.25. The number of aryl methyl sites for hydroxylation is 1. The van der Waals surface area contributed by atoms with E-state index < -0.39 is 34.1 Å². The van der Waals surface area contributed by atoms with E-state index in [0.717, 1.165) is 9.87 Å². The summed E-state index contributed by atoms with van der Waals surface area (Å²) >= 11 is 0. The third-order valence-corrected chi connectivity index (χ3v) is 8.47.